The van der Waals surface area contributed by atoms with Crippen molar-refractivity contribution >= 4 is 11.8 Å². The molecule has 0 aliphatic carbocycles. The molecule has 0 saturated heterocycles. The summed E-state index contributed by atoms with van der Waals surface area (Å²) in [5, 5.41) is 12.4. The molecular formula is C15H25N3O3. The maximum Gasteiger partial charge on any atom is 0.311 e. The van der Waals surface area contributed by atoms with Crippen molar-refractivity contribution in [3.8, 4) is 0 Å². The van der Waals surface area contributed by atoms with Gasteiger partial charge in [0.1, 0.15) is 0 Å². The van der Waals surface area contributed by atoms with Gasteiger partial charge in [-0.1, -0.05) is 13.8 Å². The van der Waals surface area contributed by atoms with Crippen molar-refractivity contribution < 1.29 is 9.90 Å². The van der Waals surface area contributed by atoms with E-state index in [4.69, 9.17) is 0 Å². The number of hydrogen-bond acceptors (Lipinski definition) is 4. The molecule has 0 aliphatic rings. The highest BCUT2D eigenvalue weighted by molar-refractivity contribution is 5.76. The molecule has 6 nitrogen and oxygen atoms in total. The van der Waals surface area contributed by atoms with E-state index in [1.165, 1.54) is 0 Å². The molecule has 0 saturated carbocycles. The maximum absolute atomic E-state index is 12.4. The van der Waals surface area contributed by atoms with E-state index in [1.54, 1.807) is 44.7 Å². The number of carboxylic acids is 1. The first-order chi connectivity index (χ1) is 9.49. The van der Waals surface area contributed by atoms with Crippen molar-refractivity contribution in [2.75, 3.05) is 5.32 Å². The molecule has 0 aliphatic heterocycles. The molecular weight excluding hydrogens is 270 g/mol. The Kier molecular flexibility index (Phi) is 4.81. The zero-order valence-corrected chi connectivity index (χ0v) is 13.6. The SMILES string of the molecule is CC(C)Cn1ccnc(NC(C)(C)C(C)(C)C(=O)O)c1=O. The summed E-state index contributed by atoms with van der Waals surface area (Å²) in [7, 11) is 0. The van der Waals surface area contributed by atoms with Gasteiger partial charge in [0, 0.05) is 24.5 Å². The van der Waals surface area contributed by atoms with Crippen molar-refractivity contribution in [1.82, 2.24) is 9.55 Å². The molecule has 0 bridgehead atoms. The van der Waals surface area contributed by atoms with Gasteiger partial charge < -0.3 is 15.0 Å². The van der Waals surface area contributed by atoms with E-state index in [2.05, 4.69) is 10.3 Å². The standard InChI is InChI=1S/C15H25N3O3/c1-10(2)9-18-8-7-16-11(12(18)19)17-15(5,6)14(3,4)13(20)21/h7-8,10H,9H2,1-6H3,(H,16,17)(H,20,21). The third-order valence-corrected chi connectivity index (χ3v) is 4.00. The third kappa shape index (κ3) is 3.62. The summed E-state index contributed by atoms with van der Waals surface area (Å²) in [5.41, 5.74) is -2.12. The van der Waals surface area contributed by atoms with Crippen LogP contribution in [0.1, 0.15) is 41.5 Å². The minimum absolute atomic E-state index is 0.178. The fraction of sp³-hybridized carbons (Fsp3) is 0.667. The molecule has 1 heterocycles. The first-order valence-corrected chi connectivity index (χ1v) is 7.06. The first kappa shape index (κ1) is 17.2. The van der Waals surface area contributed by atoms with Gasteiger partial charge in [-0.15, -0.1) is 0 Å². The number of nitrogens with one attached hydrogen (secondary N) is 1. The molecule has 6 heteroatoms. The smallest absolute Gasteiger partial charge is 0.311 e. The van der Waals surface area contributed by atoms with E-state index in [-0.39, 0.29) is 11.4 Å². The quantitative estimate of drug-likeness (QED) is 0.840. The van der Waals surface area contributed by atoms with Gasteiger partial charge in [-0.05, 0) is 33.6 Å². The number of rotatable bonds is 6. The molecule has 0 spiro atoms. The number of carboxylic acid groups (broad SMARTS) is 1. The Balaban J connectivity index is 3.14. The molecule has 0 radical (unpaired) electrons. The Hall–Kier alpha value is -1.85. The molecule has 118 valence electrons. The highest BCUT2D eigenvalue weighted by Gasteiger charge is 2.44. The van der Waals surface area contributed by atoms with Gasteiger partial charge in [0.05, 0.1) is 5.41 Å². The Morgan fingerprint density at radius 2 is 1.95 bits per heavy atom. The molecule has 1 aromatic rings. The molecule has 0 unspecified atom stereocenters. The van der Waals surface area contributed by atoms with Crippen molar-refractivity contribution in [2.45, 2.75) is 53.6 Å². The van der Waals surface area contributed by atoms with Gasteiger partial charge in [0.2, 0.25) is 0 Å². The fourth-order valence-electron chi connectivity index (χ4n) is 1.79. The monoisotopic (exact) mass is 295 g/mol. The van der Waals surface area contributed by atoms with Crippen LogP contribution in [0.2, 0.25) is 0 Å². The van der Waals surface area contributed by atoms with E-state index in [0.29, 0.717) is 12.5 Å². The molecule has 0 fully saturated rings. The largest absolute Gasteiger partial charge is 0.481 e. The Morgan fingerprint density at radius 1 is 1.38 bits per heavy atom. The van der Waals surface area contributed by atoms with Gasteiger partial charge in [-0.3, -0.25) is 9.59 Å². The maximum atomic E-state index is 12.4. The average Bonchev–Trinajstić information content (AvgIpc) is 2.33. The van der Waals surface area contributed by atoms with Crippen molar-refractivity contribution in [3.05, 3.63) is 22.7 Å². The lowest BCUT2D eigenvalue weighted by atomic mass is 9.74. The lowest BCUT2D eigenvalue weighted by molar-refractivity contribution is -0.149. The van der Waals surface area contributed by atoms with Crippen LogP contribution in [0.3, 0.4) is 0 Å². The third-order valence-electron chi connectivity index (χ3n) is 4.00. The summed E-state index contributed by atoms with van der Waals surface area (Å²) >= 11 is 0. The van der Waals surface area contributed by atoms with Gasteiger partial charge >= 0.3 is 5.97 Å². The molecule has 0 atom stereocenters. The minimum Gasteiger partial charge on any atom is -0.481 e. The van der Waals surface area contributed by atoms with Crippen LogP contribution in [0, 0.1) is 11.3 Å². The molecule has 2 N–H and O–H groups in total. The normalized spacial score (nSPS) is 12.5. The van der Waals surface area contributed by atoms with Gasteiger partial charge in [0.15, 0.2) is 5.82 Å². The second-order valence-corrected chi connectivity index (χ2v) is 6.81. The highest BCUT2D eigenvalue weighted by atomic mass is 16.4. The van der Waals surface area contributed by atoms with Crippen LogP contribution in [0.4, 0.5) is 5.82 Å². The number of aromatic nitrogens is 2. The molecule has 1 rings (SSSR count). The van der Waals surface area contributed by atoms with Crippen LogP contribution in [-0.4, -0.2) is 26.2 Å². The van der Waals surface area contributed by atoms with Crippen molar-refractivity contribution in [1.29, 1.82) is 0 Å². The zero-order valence-electron chi connectivity index (χ0n) is 13.6. The van der Waals surface area contributed by atoms with Crippen LogP contribution in [0.15, 0.2) is 17.2 Å². The second-order valence-electron chi connectivity index (χ2n) is 6.81. The van der Waals surface area contributed by atoms with Crippen molar-refractivity contribution in [3.63, 3.8) is 0 Å². The number of carbonyl (C=O) groups is 1. The van der Waals surface area contributed by atoms with Crippen LogP contribution in [-0.2, 0) is 11.3 Å². The first-order valence-electron chi connectivity index (χ1n) is 7.06. The summed E-state index contributed by atoms with van der Waals surface area (Å²) in [6, 6.07) is 0. The molecule has 1 aromatic heterocycles. The van der Waals surface area contributed by atoms with Crippen LogP contribution < -0.4 is 10.9 Å². The fourth-order valence-corrected chi connectivity index (χ4v) is 1.79. The number of aliphatic carboxylic acids is 1. The predicted octanol–water partition coefficient (Wildman–Crippen LogP) is 2.20. The van der Waals surface area contributed by atoms with E-state index in [9.17, 15) is 14.7 Å². The summed E-state index contributed by atoms with van der Waals surface area (Å²) in [6.45, 7) is 11.4. The highest BCUT2D eigenvalue weighted by Crippen LogP contribution is 2.32. The molecule has 21 heavy (non-hydrogen) atoms. The number of anilines is 1. The number of hydrogen-bond donors (Lipinski definition) is 2. The van der Waals surface area contributed by atoms with Gasteiger partial charge in [-0.25, -0.2) is 4.98 Å². The van der Waals surface area contributed by atoms with Crippen LogP contribution in [0.5, 0.6) is 0 Å². The summed E-state index contributed by atoms with van der Waals surface area (Å²) in [5.74, 6) is -0.419. The van der Waals surface area contributed by atoms with E-state index in [0.717, 1.165) is 0 Å². The van der Waals surface area contributed by atoms with E-state index < -0.39 is 16.9 Å². The zero-order chi connectivity index (χ0) is 16.4. The Morgan fingerprint density at radius 3 is 2.43 bits per heavy atom. The minimum atomic E-state index is -1.06. The predicted molar refractivity (Wildman–Crippen MR) is 82.5 cm³/mol. The van der Waals surface area contributed by atoms with Gasteiger partial charge in [-0.2, -0.15) is 0 Å². The van der Waals surface area contributed by atoms with E-state index >= 15 is 0 Å². The lowest BCUT2D eigenvalue weighted by Gasteiger charge is -2.39. The Bertz CT molecular complexity index is 574. The lowest BCUT2D eigenvalue weighted by Crippen LogP contribution is -2.51. The van der Waals surface area contributed by atoms with Crippen LogP contribution in [0.25, 0.3) is 0 Å². The summed E-state index contributed by atoms with van der Waals surface area (Å²) in [4.78, 5) is 27.8. The van der Waals surface area contributed by atoms with E-state index in [1.807, 2.05) is 13.8 Å². The topological polar surface area (TPSA) is 84.2 Å². The van der Waals surface area contributed by atoms with Crippen molar-refractivity contribution in [2.24, 2.45) is 11.3 Å². The Labute approximate surface area is 125 Å². The summed E-state index contributed by atoms with van der Waals surface area (Å²) < 4.78 is 1.59. The molecule has 0 amide bonds. The average molecular weight is 295 g/mol. The number of nitrogens with zero attached hydrogens (tertiary/aromatic N) is 2. The summed E-state index contributed by atoms with van der Waals surface area (Å²) in [6.07, 6.45) is 3.19. The molecule has 0 aromatic carbocycles. The van der Waals surface area contributed by atoms with Crippen LogP contribution >= 0.6 is 0 Å². The van der Waals surface area contributed by atoms with Gasteiger partial charge in [0.25, 0.3) is 5.56 Å². The second kappa shape index (κ2) is 5.87.